The van der Waals surface area contributed by atoms with E-state index in [-0.39, 0.29) is 0 Å². The van der Waals surface area contributed by atoms with Crippen LogP contribution >= 0.6 is 0 Å². The lowest BCUT2D eigenvalue weighted by Gasteiger charge is -2.14. The van der Waals surface area contributed by atoms with Crippen LogP contribution in [0.4, 0.5) is 0 Å². The van der Waals surface area contributed by atoms with Gasteiger partial charge >= 0.3 is 0 Å². The first-order valence-electron chi connectivity index (χ1n) is 4.23. The van der Waals surface area contributed by atoms with Crippen molar-refractivity contribution in [1.29, 1.82) is 0 Å². The molecular formula is C10H21N3. The fraction of sp³-hybridized carbons (Fsp3) is 0.600. The normalized spacial score (nSPS) is 10.6. The SMILES string of the molecule is C#C.CCN(N)/C=C(\C)CN(C)C. The van der Waals surface area contributed by atoms with Gasteiger partial charge < -0.3 is 9.91 Å². The molecule has 0 spiro atoms. The van der Waals surface area contributed by atoms with Crippen LogP contribution in [0.5, 0.6) is 0 Å². The van der Waals surface area contributed by atoms with Crippen LogP contribution in [0.25, 0.3) is 0 Å². The van der Waals surface area contributed by atoms with Crippen LogP contribution in [0.1, 0.15) is 13.8 Å². The zero-order valence-electron chi connectivity index (χ0n) is 9.12. The van der Waals surface area contributed by atoms with Crippen molar-refractivity contribution in [3.63, 3.8) is 0 Å². The predicted octanol–water partition coefficient (Wildman–Crippen LogP) is 0.897. The van der Waals surface area contributed by atoms with Gasteiger partial charge in [0.25, 0.3) is 0 Å². The van der Waals surface area contributed by atoms with Crippen molar-refractivity contribution in [1.82, 2.24) is 9.91 Å². The first-order valence-corrected chi connectivity index (χ1v) is 4.23. The molecule has 0 saturated heterocycles. The maximum Gasteiger partial charge on any atom is 0.0306 e. The Morgan fingerprint density at radius 3 is 2.15 bits per heavy atom. The first kappa shape index (κ1) is 14.5. The number of hydrogen-bond acceptors (Lipinski definition) is 3. The fourth-order valence-electron chi connectivity index (χ4n) is 0.914. The Kier molecular flexibility index (Phi) is 10.2. The minimum absolute atomic E-state index is 0.852. The van der Waals surface area contributed by atoms with Crippen molar-refractivity contribution in [2.24, 2.45) is 5.84 Å². The molecule has 76 valence electrons. The molecular weight excluding hydrogens is 162 g/mol. The van der Waals surface area contributed by atoms with Gasteiger partial charge in [0.15, 0.2) is 0 Å². The predicted molar refractivity (Wildman–Crippen MR) is 58.8 cm³/mol. The molecule has 0 aromatic carbocycles. The van der Waals surface area contributed by atoms with Crippen molar-refractivity contribution in [2.75, 3.05) is 27.2 Å². The van der Waals surface area contributed by atoms with Gasteiger partial charge in [0, 0.05) is 19.3 Å². The maximum absolute atomic E-state index is 5.59. The van der Waals surface area contributed by atoms with E-state index in [0.29, 0.717) is 0 Å². The highest BCUT2D eigenvalue weighted by Crippen LogP contribution is 1.94. The summed E-state index contributed by atoms with van der Waals surface area (Å²) in [6, 6.07) is 0. The van der Waals surface area contributed by atoms with E-state index < -0.39 is 0 Å². The molecule has 0 fully saturated rings. The molecule has 0 aliphatic heterocycles. The second-order valence-corrected chi connectivity index (χ2v) is 3.04. The average molecular weight is 183 g/mol. The number of nitrogens with zero attached hydrogens (tertiary/aromatic N) is 2. The quantitative estimate of drug-likeness (QED) is 0.399. The number of terminal acetylenes is 1. The fourth-order valence-corrected chi connectivity index (χ4v) is 0.914. The van der Waals surface area contributed by atoms with Crippen LogP contribution in [0.3, 0.4) is 0 Å². The lowest BCUT2D eigenvalue weighted by molar-refractivity contribution is 0.398. The standard InChI is InChI=1S/C8H19N3.C2H2/c1-5-11(9)7-8(2)6-10(3)4;1-2/h7H,5-6,9H2,1-4H3;1-2H/b8-7+;. The van der Waals surface area contributed by atoms with Gasteiger partial charge in [-0.05, 0) is 33.5 Å². The third-order valence-electron chi connectivity index (χ3n) is 1.32. The van der Waals surface area contributed by atoms with Gasteiger partial charge in [-0.15, -0.1) is 12.8 Å². The highest BCUT2D eigenvalue weighted by Gasteiger charge is 1.93. The highest BCUT2D eigenvalue weighted by atomic mass is 15.4. The smallest absolute Gasteiger partial charge is 0.0306 e. The topological polar surface area (TPSA) is 32.5 Å². The lowest BCUT2D eigenvalue weighted by Crippen LogP contribution is -2.26. The minimum atomic E-state index is 0.852. The first-order chi connectivity index (χ1) is 6.06. The molecule has 0 radical (unpaired) electrons. The summed E-state index contributed by atoms with van der Waals surface area (Å²) in [5.74, 6) is 5.59. The summed E-state index contributed by atoms with van der Waals surface area (Å²) < 4.78 is 0. The summed E-state index contributed by atoms with van der Waals surface area (Å²) in [6.45, 7) is 5.92. The van der Waals surface area contributed by atoms with E-state index in [1.807, 2.05) is 27.2 Å². The lowest BCUT2D eigenvalue weighted by atomic mass is 10.3. The number of hydrazine groups is 1. The maximum atomic E-state index is 5.59. The van der Waals surface area contributed by atoms with Crippen LogP contribution in [0.15, 0.2) is 11.8 Å². The third kappa shape index (κ3) is 11.0. The van der Waals surface area contributed by atoms with Gasteiger partial charge in [-0.3, -0.25) is 0 Å². The van der Waals surface area contributed by atoms with Crippen LogP contribution in [-0.4, -0.2) is 37.1 Å². The monoisotopic (exact) mass is 183 g/mol. The Hall–Kier alpha value is -0.980. The second-order valence-electron chi connectivity index (χ2n) is 3.04. The third-order valence-corrected chi connectivity index (χ3v) is 1.32. The largest absolute Gasteiger partial charge is 0.319 e. The molecule has 0 bridgehead atoms. The molecule has 0 unspecified atom stereocenters. The second kappa shape index (κ2) is 9.11. The zero-order chi connectivity index (χ0) is 10.9. The van der Waals surface area contributed by atoms with Crippen molar-refractivity contribution in [2.45, 2.75) is 13.8 Å². The molecule has 0 aromatic rings. The van der Waals surface area contributed by atoms with Gasteiger partial charge in [-0.1, -0.05) is 0 Å². The summed E-state index contributed by atoms with van der Waals surface area (Å²) in [6.07, 6.45) is 9.97. The molecule has 0 heterocycles. The Morgan fingerprint density at radius 1 is 1.38 bits per heavy atom. The van der Waals surface area contributed by atoms with E-state index in [4.69, 9.17) is 5.84 Å². The molecule has 0 saturated carbocycles. The molecule has 3 heteroatoms. The van der Waals surface area contributed by atoms with E-state index in [1.54, 1.807) is 5.01 Å². The van der Waals surface area contributed by atoms with Crippen molar-refractivity contribution in [3.8, 4) is 12.8 Å². The number of nitrogens with two attached hydrogens (primary N) is 1. The molecule has 0 rings (SSSR count). The van der Waals surface area contributed by atoms with Gasteiger partial charge in [0.1, 0.15) is 0 Å². The molecule has 0 amide bonds. The molecule has 0 aromatic heterocycles. The van der Waals surface area contributed by atoms with E-state index in [2.05, 4.69) is 24.7 Å². The Labute approximate surface area is 82.2 Å². The van der Waals surface area contributed by atoms with Crippen molar-refractivity contribution < 1.29 is 0 Å². The van der Waals surface area contributed by atoms with E-state index in [0.717, 1.165) is 13.1 Å². The summed E-state index contributed by atoms with van der Waals surface area (Å²) in [4.78, 5) is 2.12. The van der Waals surface area contributed by atoms with E-state index in [1.165, 1.54) is 5.57 Å². The molecule has 0 aliphatic carbocycles. The minimum Gasteiger partial charge on any atom is -0.319 e. The van der Waals surface area contributed by atoms with Gasteiger partial charge in [0.05, 0.1) is 0 Å². The Balaban J connectivity index is 0. The Bertz CT molecular complexity index is 159. The number of likely N-dealkylation sites (N-methyl/N-ethyl adjacent to an activating group) is 1. The summed E-state index contributed by atoms with van der Waals surface area (Å²) in [5, 5.41) is 1.69. The van der Waals surface area contributed by atoms with Crippen molar-refractivity contribution in [3.05, 3.63) is 11.8 Å². The summed E-state index contributed by atoms with van der Waals surface area (Å²) in [7, 11) is 4.09. The van der Waals surface area contributed by atoms with E-state index in [9.17, 15) is 0 Å². The summed E-state index contributed by atoms with van der Waals surface area (Å²) >= 11 is 0. The van der Waals surface area contributed by atoms with Gasteiger partial charge in [0.2, 0.25) is 0 Å². The zero-order valence-corrected chi connectivity index (χ0v) is 9.12. The molecule has 3 nitrogen and oxygen atoms in total. The van der Waals surface area contributed by atoms with Crippen molar-refractivity contribution >= 4 is 0 Å². The molecule has 0 atom stereocenters. The van der Waals surface area contributed by atoms with Crippen LogP contribution in [-0.2, 0) is 0 Å². The van der Waals surface area contributed by atoms with Crippen LogP contribution < -0.4 is 5.84 Å². The highest BCUT2D eigenvalue weighted by molar-refractivity contribution is 4.98. The Morgan fingerprint density at radius 2 is 1.85 bits per heavy atom. The van der Waals surface area contributed by atoms with Gasteiger partial charge in [-0.25, -0.2) is 5.84 Å². The molecule has 13 heavy (non-hydrogen) atoms. The number of hydrogen-bond donors (Lipinski definition) is 1. The van der Waals surface area contributed by atoms with Crippen LogP contribution in [0.2, 0.25) is 0 Å². The van der Waals surface area contributed by atoms with Crippen LogP contribution in [0, 0.1) is 12.8 Å². The molecule has 0 aliphatic rings. The van der Waals surface area contributed by atoms with Gasteiger partial charge in [-0.2, -0.15) is 0 Å². The average Bonchev–Trinajstić information content (AvgIpc) is 2.06. The molecule has 2 N–H and O–H groups in total. The number of rotatable bonds is 4. The van der Waals surface area contributed by atoms with E-state index >= 15 is 0 Å². The summed E-state index contributed by atoms with van der Waals surface area (Å²) in [5.41, 5.74) is 1.28.